The van der Waals surface area contributed by atoms with Crippen molar-refractivity contribution < 1.29 is 0 Å². The van der Waals surface area contributed by atoms with Crippen molar-refractivity contribution in [3.05, 3.63) is 227 Å². The van der Waals surface area contributed by atoms with E-state index in [4.69, 9.17) is 0 Å². The van der Waals surface area contributed by atoms with E-state index in [2.05, 4.69) is 204 Å². The molecule has 1 aromatic heterocycles. The van der Waals surface area contributed by atoms with Crippen molar-refractivity contribution in [1.82, 2.24) is 4.57 Å². The van der Waals surface area contributed by atoms with Gasteiger partial charge in [0.15, 0.2) is 0 Å². The molecule has 1 spiro atoms. The van der Waals surface area contributed by atoms with Crippen LogP contribution in [0.15, 0.2) is 199 Å². The zero-order valence-corrected chi connectivity index (χ0v) is 31.6. The molecule has 11 rings (SSSR count). The second kappa shape index (κ2) is 13.0. The summed E-state index contributed by atoms with van der Waals surface area (Å²) in [6.45, 7) is 2.28. The van der Waals surface area contributed by atoms with Gasteiger partial charge in [-0.25, -0.2) is 0 Å². The molecular weight excluding hydrogens is 677 g/mol. The zero-order valence-electron chi connectivity index (χ0n) is 31.6. The first-order chi connectivity index (χ1) is 27.8. The van der Waals surface area contributed by atoms with Gasteiger partial charge < -0.3 is 9.47 Å². The van der Waals surface area contributed by atoms with Gasteiger partial charge >= 0.3 is 0 Å². The van der Waals surface area contributed by atoms with Crippen LogP contribution in [0.5, 0.6) is 0 Å². The number of fused-ring (bicyclic) bond motifs is 9. The van der Waals surface area contributed by atoms with Gasteiger partial charge in [0.05, 0.1) is 16.6 Å². The van der Waals surface area contributed by atoms with E-state index in [1.807, 2.05) is 0 Å². The Labute approximate surface area is 329 Å². The Hall–Kier alpha value is -6.64. The highest BCUT2D eigenvalue weighted by molar-refractivity contribution is 5.94. The van der Waals surface area contributed by atoms with Crippen molar-refractivity contribution in [2.24, 2.45) is 0 Å². The summed E-state index contributed by atoms with van der Waals surface area (Å²) >= 11 is 0. The number of hydrogen-bond donors (Lipinski definition) is 0. The maximum atomic E-state index is 2.53. The number of hydrogen-bond acceptors (Lipinski definition) is 1. The Morgan fingerprint density at radius 2 is 1.21 bits per heavy atom. The molecule has 0 fully saturated rings. The fraction of sp³-hybridized carbons (Fsp3) is 0.111. The molecule has 0 atom stereocenters. The SMILES string of the molecule is CCc1c(-c2ccc(N(c3ccccc3)c3ccc4c(c3)C3(C5=C(C=CCC5)C4)c4ccccc4-c4ccccc43)cc2)n(-c2ccccc2)c2ccccc12. The molecule has 0 radical (unpaired) electrons. The van der Waals surface area contributed by atoms with Gasteiger partial charge in [-0.1, -0.05) is 140 Å². The van der Waals surface area contributed by atoms with Gasteiger partial charge in [-0.2, -0.15) is 0 Å². The van der Waals surface area contributed by atoms with Crippen LogP contribution in [-0.4, -0.2) is 4.57 Å². The Morgan fingerprint density at radius 1 is 0.589 bits per heavy atom. The van der Waals surface area contributed by atoms with E-state index >= 15 is 0 Å². The largest absolute Gasteiger partial charge is 0.310 e. The first-order valence-corrected chi connectivity index (χ1v) is 20.1. The van der Waals surface area contributed by atoms with Gasteiger partial charge in [0.25, 0.3) is 0 Å². The van der Waals surface area contributed by atoms with E-state index < -0.39 is 0 Å². The van der Waals surface area contributed by atoms with Gasteiger partial charge in [-0.15, -0.1) is 0 Å². The Balaban J connectivity index is 1.10. The average molecular weight is 719 g/mol. The van der Waals surface area contributed by atoms with E-state index in [1.54, 1.807) is 5.57 Å². The Bertz CT molecular complexity index is 2810. The van der Waals surface area contributed by atoms with Crippen LogP contribution >= 0.6 is 0 Å². The van der Waals surface area contributed by atoms with Gasteiger partial charge in [0.1, 0.15) is 0 Å². The Morgan fingerprint density at radius 3 is 1.95 bits per heavy atom. The molecule has 0 aliphatic heterocycles. The molecule has 0 N–H and O–H groups in total. The molecule has 56 heavy (non-hydrogen) atoms. The number of aryl methyl sites for hydroxylation is 1. The normalized spacial score (nSPS) is 14.7. The molecule has 8 aromatic rings. The summed E-state index contributed by atoms with van der Waals surface area (Å²) in [5.41, 5.74) is 20.8. The number of rotatable bonds is 6. The van der Waals surface area contributed by atoms with E-state index in [0.29, 0.717) is 0 Å². The van der Waals surface area contributed by atoms with Crippen LogP contribution in [0.2, 0.25) is 0 Å². The minimum atomic E-state index is -0.329. The minimum Gasteiger partial charge on any atom is -0.310 e. The maximum Gasteiger partial charge on any atom is 0.0682 e. The maximum absolute atomic E-state index is 2.53. The van der Waals surface area contributed by atoms with E-state index in [1.165, 1.54) is 78.1 Å². The van der Waals surface area contributed by atoms with E-state index in [9.17, 15) is 0 Å². The third-order valence-corrected chi connectivity index (χ3v) is 12.6. The third kappa shape index (κ3) is 4.75. The number of nitrogens with zero attached hydrogens (tertiary/aromatic N) is 2. The predicted octanol–water partition coefficient (Wildman–Crippen LogP) is 13.8. The van der Waals surface area contributed by atoms with Crippen molar-refractivity contribution in [2.45, 2.75) is 38.0 Å². The van der Waals surface area contributed by atoms with Crippen LogP contribution in [0, 0.1) is 0 Å². The summed E-state index contributed by atoms with van der Waals surface area (Å²) < 4.78 is 2.45. The molecule has 268 valence electrons. The van der Waals surface area contributed by atoms with Crippen molar-refractivity contribution in [3.8, 4) is 28.1 Å². The molecule has 0 amide bonds. The molecular formula is C54H42N2. The van der Waals surface area contributed by atoms with E-state index in [0.717, 1.165) is 37.1 Å². The topological polar surface area (TPSA) is 8.17 Å². The molecule has 1 heterocycles. The number of para-hydroxylation sites is 3. The van der Waals surface area contributed by atoms with Crippen LogP contribution < -0.4 is 4.90 Å². The highest BCUT2D eigenvalue weighted by Crippen LogP contribution is 2.61. The highest BCUT2D eigenvalue weighted by atomic mass is 15.1. The summed E-state index contributed by atoms with van der Waals surface area (Å²) in [7, 11) is 0. The summed E-state index contributed by atoms with van der Waals surface area (Å²) in [5.74, 6) is 0. The molecule has 2 nitrogen and oxygen atoms in total. The van der Waals surface area contributed by atoms with Gasteiger partial charge in [0.2, 0.25) is 0 Å². The first-order valence-electron chi connectivity index (χ1n) is 20.1. The Kier molecular flexibility index (Phi) is 7.60. The molecule has 7 aromatic carbocycles. The quantitative estimate of drug-likeness (QED) is 0.166. The van der Waals surface area contributed by atoms with Gasteiger partial charge in [-0.05, 0) is 136 Å². The van der Waals surface area contributed by atoms with Crippen molar-refractivity contribution >= 4 is 28.0 Å². The lowest BCUT2D eigenvalue weighted by Crippen LogP contribution is -2.35. The zero-order chi connectivity index (χ0) is 37.2. The standard InChI is InChI=1S/C54H42N2/c1-2-44-47-24-12-16-28-52(47)56(41-20-7-4-8-21-41)53(44)37-29-32-42(33-30-37)55(40-18-5-3-6-19-40)43-34-31-39-35-38-17-9-13-25-48(38)54(51(39)36-43)49-26-14-10-22-45(49)46-23-11-15-27-50(46)54/h3-12,14-24,26-34,36H,2,13,25,35H2,1H3. The molecule has 3 aliphatic rings. The van der Waals surface area contributed by atoms with Crippen LogP contribution in [-0.2, 0) is 18.3 Å². The molecule has 0 saturated carbocycles. The number of benzene rings is 7. The van der Waals surface area contributed by atoms with Crippen LogP contribution in [0.3, 0.4) is 0 Å². The van der Waals surface area contributed by atoms with Crippen molar-refractivity contribution in [1.29, 1.82) is 0 Å². The molecule has 0 unspecified atom stereocenters. The van der Waals surface area contributed by atoms with Crippen LogP contribution in [0.25, 0.3) is 39.0 Å². The predicted molar refractivity (Wildman–Crippen MR) is 234 cm³/mol. The lowest BCUT2D eigenvalue weighted by molar-refractivity contribution is 0.653. The number of aromatic nitrogens is 1. The number of allylic oxidation sites excluding steroid dienone is 4. The second-order valence-electron chi connectivity index (χ2n) is 15.4. The van der Waals surface area contributed by atoms with Gasteiger partial charge in [-0.3, -0.25) is 0 Å². The summed E-state index contributed by atoms with van der Waals surface area (Å²) in [6.07, 6.45) is 8.85. The van der Waals surface area contributed by atoms with Crippen LogP contribution in [0.1, 0.15) is 47.6 Å². The summed E-state index contributed by atoms with van der Waals surface area (Å²) in [5, 5.41) is 1.31. The number of anilines is 3. The minimum absolute atomic E-state index is 0.329. The molecule has 0 bridgehead atoms. The summed E-state index contributed by atoms with van der Waals surface area (Å²) in [6, 6.07) is 65.4. The monoisotopic (exact) mass is 718 g/mol. The summed E-state index contributed by atoms with van der Waals surface area (Å²) in [4.78, 5) is 2.45. The molecule has 2 heteroatoms. The third-order valence-electron chi connectivity index (χ3n) is 12.6. The van der Waals surface area contributed by atoms with Crippen molar-refractivity contribution in [3.63, 3.8) is 0 Å². The lowest BCUT2D eigenvalue weighted by Gasteiger charge is -2.43. The highest BCUT2D eigenvalue weighted by Gasteiger charge is 2.50. The molecule has 3 aliphatic carbocycles. The van der Waals surface area contributed by atoms with Gasteiger partial charge in [0, 0.05) is 28.1 Å². The average Bonchev–Trinajstić information content (AvgIpc) is 3.76. The lowest BCUT2D eigenvalue weighted by atomic mass is 9.59. The van der Waals surface area contributed by atoms with Crippen LogP contribution in [0.4, 0.5) is 17.1 Å². The smallest absolute Gasteiger partial charge is 0.0682 e. The van der Waals surface area contributed by atoms with E-state index in [-0.39, 0.29) is 5.41 Å². The fourth-order valence-electron chi connectivity index (χ4n) is 10.3. The first kappa shape index (κ1) is 32.8. The molecule has 0 saturated heterocycles. The second-order valence-corrected chi connectivity index (χ2v) is 15.4. The van der Waals surface area contributed by atoms with Crippen molar-refractivity contribution in [2.75, 3.05) is 4.90 Å². The fourth-order valence-corrected chi connectivity index (χ4v) is 10.3.